The molecule has 1 aliphatic heterocycles. The lowest BCUT2D eigenvalue weighted by molar-refractivity contribution is -0.199. The number of pyridine rings is 1. The molecule has 0 radical (unpaired) electrons. The second kappa shape index (κ2) is 6.20. The molecule has 1 atom stereocenters. The van der Waals surface area contributed by atoms with Crippen molar-refractivity contribution in [1.82, 2.24) is 14.8 Å². The summed E-state index contributed by atoms with van der Waals surface area (Å²) in [4.78, 5) is 18.2. The minimum Gasteiger partial charge on any atom is -0.335 e. The lowest BCUT2D eigenvalue weighted by Gasteiger charge is -2.44. The number of amides is 1. The Kier molecular flexibility index (Phi) is 4.69. The first-order valence-electron chi connectivity index (χ1n) is 6.92. The molecule has 1 unspecified atom stereocenters. The predicted octanol–water partition coefficient (Wildman–Crippen LogP) is 2.32. The van der Waals surface area contributed by atoms with Gasteiger partial charge in [-0.2, -0.15) is 13.2 Å². The van der Waals surface area contributed by atoms with E-state index < -0.39 is 30.5 Å². The van der Waals surface area contributed by atoms with E-state index in [4.69, 9.17) is 0 Å². The minimum absolute atomic E-state index is 0.0427. The Balaban J connectivity index is 2.19. The monoisotopic (exact) mass is 319 g/mol. The van der Waals surface area contributed by atoms with Crippen LogP contribution in [-0.2, 0) is 0 Å². The summed E-state index contributed by atoms with van der Waals surface area (Å²) in [5.74, 6) is -1.33. The molecule has 0 aromatic carbocycles. The fraction of sp³-hybridized carbons (Fsp3) is 0.571. The molecule has 22 heavy (non-hydrogen) atoms. The van der Waals surface area contributed by atoms with Crippen molar-refractivity contribution in [2.45, 2.75) is 32.1 Å². The highest BCUT2D eigenvalue weighted by Crippen LogP contribution is 2.29. The number of hydrogen-bond donors (Lipinski definition) is 0. The van der Waals surface area contributed by atoms with E-state index in [0.717, 1.165) is 23.4 Å². The fourth-order valence-electron chi connectivity index (χ4n) is 2.60. The van der Waals surface area contributed by atoms with Gasteiger partial charge < -0.3 is 4.90 Å². The molecule has 122 valence electrons. The molecule has 4 nitrogen and oxygen atoms in total. The van der Waals surface area contributed by atoms with E-state index in [1.165, 1.54) is 4.90 Å². The summed E-state index contributed by atoms with van der Waals surface area (Å²) in [6.07, 6.45) is -2.34. The van der Waals surface area contributed by atoms with E-state index in [1.807, 2.05) is 0 Å². The second-order valence-corrected chi connectivity index (χ2v) is 5.53. The molecule has 1 saturated heterocycles. The number of nitrogens with zero attached hydrogens (tertiary/aromatic N) is 3. The van der Waals surface area contributed by atoms with Crippen LogP contribution in [0.25, 0.3) is 0 Å². The Morgan fingerprint density at radius 1 is 1.32 bits per heavy atom. The largest absolute Gasteiger partial charge is 0.405 e. The summed E-state index contributed by atoms with van der Waals surface area (Å²) < 4.78 is 52.7. The van der Waals surface area contributed by atoms with Gasteiger partial charge in [0.25, 0.3) is 5.91 Å². The van der Waals surface area contributed by atoms with E-state index in [0.29, 0.717) is 0 Å². The van der Waals surface area contributed by atoms with Crippen LogP contribution in [0.5, 0.6) is 0 Å². The molecule has 1 aromatic rings. The van der Waals surface area contributed by atoms with Gasteiger partial charge in [-0.05, 0) is 19.9 Å². The zero-order chi connectivity index (χ0) is 16.5. The van der Waals surface area contributed by atoms with Gasteiger partial charge in [0.1, 0.15) is 11.9 Å². The van der Waals surface area contributed by atoms with Gasteiger partial charge in [0, 0.05) is 31.9 Å². The zero-order valence-corrected chi connectivity index (χ0v) is 12.3. The summed E-state index contributed by atoms with van der Waals surface area (Å²) >= 11 is 0. The molecular weight excluding hydrogens is 302 g/mol. The standard InChI is InChI=1S/C14H17F4N3O/c1-9(2)21-4-3-20(8-12(21)14(16,17)18)13(22)10-5-11(15)7-19-6-10/h5-7,9,12H,3-4,8H2,1-2H3. The third-order valence-corrected chi connectivity index (χ3v) is 3.70. The first-order chi connectivity index (χ1) is 10.2. The number of hydrogen-bond acceptors (Lipinski definition) is 3. The van der Waals surface area contributed by atoms with Gasteiger partial charge >= 0.3 is 6.18 Å². The van der Waals surface area contributed by atoms with Crippen LogP contribution in [0.15, 0.2) is 18.5 Å². The van der Waals surface area contributed by atoms with E-state index in [-0.39, 0.29) is 24.7 Å². The van der Waals surface area contributed by atoms with E-state index in [9.17, 15) is 22.4 Å². The Bertz CT molecular complexity index is 547. The van der Waals surface area contributed by atoms with Crippen LogP contribution in [0.1, 0.15) is 24.2 Å². The SMILES string of the molecule is CC(C)N1CCN(C(=O)c2cncc(F)c2)CC1C(F)(F)F. The molecule has 1 amide bonds. The van der Waals surface area contributed by atoms with Crippen LogP contribution < -0.4 is 0 Å². The number of carbonyl (C=O) groups excluding carboxylic acids is 1. The molecule has 0 bridgehead atoms. The van der Waals surface area contributed by atoms with Crippen LogP contribution in [0.2, 0.25) is 0 Å². The molecule has 0 spiro atoms. The Labute approximate surface area is 125 Å². The van der Waals surface area contributed by atoms with Crippen LogP contribution in [0, 0.1) is 5.82 Å². The Morgan fingerprint density at radius 2 is 2.00 bits per heavy atom. The first-order valence-corrected chi connectivity index (χ1v) is 6.92. The Morgan fingerprint density at radius 3 is 2.55 bits per heavy atom. The molecule has 1 aromatic heterocycles. The van der Waals surface area contributed by atoms with Gasteiger partial charge in [0.2, 0.25) is 0 Å². The molecule has 2 rings (SSSR count). The summed E-state index contributed by atoms with van der Waals surface area (Å²) in [6, 6.07) is -1.02. The minimum atomic E-state index is -4.43. The summed E-state index contributed by atoms with van der Waals surface area (Å²) in [6.45, 7) is 3.20. The number of halogens is 4. The fourth-order valence-corrected chi connectivity index (χ4v) is 2.60. The van der Waals surface area contributed by atoms with Gasteiger partial charge in [-0.15, -0.1) is 0 Å². The van der Waals surface area contributed by atoms with Crippen molar-refractivity contribution in [3.8, 4) is 0 Å². The third-order valence-electron chi connectivity index (χ3n) is 3.70. The average Bonchev–Trinajstić information content (AvgIpc) is 2.45. The van der Waals surface area contributed by atoms with Crippen molar-refractivity contribution >= 4 is 5.91 Å². The van der Waals surface area contributed by atoms with Crippen LogP contribution in [0.4, 0.5) is 17.6 Å². The number of rotatable bonds is 2. The average molecular weight is 319 g/mol. The van der Waals surface area contributed by atoms with Gasteiger partial charge in [-0.3, -0.25) is 14.7 Å². The quantitative estimate of drug-likeness (QED) is 0.785. The van der Waals surface area contributed by atoms with Crippen molar-refractivity contribution in [2.24, 2.45) is 0 Å². The lowest BCUT2D eigenvalue weighted by Crippen LogP contribution is -2.61. The summed E-state index contributed by atoms with van der Waals surface area (Å²) in [7, 11) is 0. The highest BCUT2D eigenvalue weighted by atomic mass is 19.4. The molecule has 2 heterocycles. The molecule has 0 aliphatic carbocycles. The van der Waals surface area contributed by atoms with Crippen molar-refractivity contribution < 1.29 is 22.4 Å². The molecule has 1 aliphatic rings. The van der Waals surface area contributed by atoms with E-state index in [1.54, 1.807) is 13.8 Å². The highest BCUT2D eigenvalue weighted by Gasteiger charge is 2.47. The van der Waals surface area contributed by atoms with Gasteiger partial charge in [-0.25, -0.2) is 4.39 Å². The Hall–Kier alpha value is -1.70. The number of piperazine rings is 1. The smallest absolute Gasteiger partial charge is 0.335 e. The van der Waals surface area contributed by atoms with Crippen molar-refractivity contribution in [2.75, 3.05) is 19.6 Å². The topological polar surface area (TPSA) is 36.4 Å². The molecule has 8 heteroatoms. The van der Waals surface area contributed by atoms with Crippen LogP contribution in [0.3, 0.4) is 0 Å². The number of carbonyl (C=O) groups is 1. The second-order valence-electron chi connectivity index (χ2n) is 5.53. The zero-order valence-electron chi connectivity index (χ0n) is 12.3. The van der Waals surface area contributed by atoms with E-state index >= 15 is 0 Å². The molecule has 1 fully saturated rings. The van der Waals surface area contributed by atoms with Crippen molar-refractivity contribution in [3.05, 3.63) is 29.8 Å². The van der Waals surface area contributed by atoms with Crippen LogP contribution >= 0.6 is 0 Å². The number of alkyl halides is 3. The van der Waals surface area contributed by atoms with E-state index in [2.05, 4.69) is 4.98 Å². The lowest BCUT2D eigenvalue weighted by atomic mass is 10.1. The van der Waals surface area contributed by atoms with Gasteiger partial charge in [0.15, 0.2) is 0 Å². The maximum atomic E-state index is 13.2. The first kappa shape index (κ1) is 16.7. The summed E-state index contributed by atoms with van der Waals surface area (Å²) in [5.41, 5.74) is -0.0427. The number of aromatic nitrogens is 1. The van der Waals surface area contributed by atoms with Crippen molar-refractivity contribution in [3.63, 3.8) is 0 Å². The van der Waals surface area contributed by atoms with Gasteiger partial charge in [-0.1, -0.05) is 0 Å². The molecule has 0 saturated carbocycles. The van der Waals surface area contributed by atoms with Gasteiger partial charge in [0.05, 0.1) is 11.8 Å². The third kappa shape index (κ3) is 3.55. The maximum Gasteiger partial charge on any atom is 0.405 e. The van der Waals surface area contributed by atoms with Crippen LogP contribution in [-0.4, -0.2) is 58.6 Å². The maximum absolute atomic E-state index is 13.2. The molecule has 0 N–H and O–H groups in total. The highest BCUT2D eigenvalue weighted by molar-refractivity contribution is 5.94. The predicted molar refractivity (Wildman–Crippen MR) is 71.8 cm³/mol. The summed E-state index contributed by atoms with van der Waals surface area (Å²) in [5, 5.41) is 0. The normalized spacial score (nSPS) is 20.5. The molecular formula is C14H17F4N3O. The van der Waals surface area contributed by atoms with Crippen molar-refractivity contribution in [1.29, 1.82) is 0 Å².